The van der Waals surface area contributed by atoms with Crippen LogP contribution in [0, 0.1) is 0 Å². The Labute approximate surface area is 271 Å². The van der Waals surface area contributed by atoms with Crippen molar-refractivity contribution in [2.45, 2.75) is 68.2 Å². The van der Waals surface area contributed by atoms with Crippen molar-refractivity contribution in [3.63, 3.8) is 0 Å². The molecule has 1 aliphatic heterocycles. The van der Waals surface area contributed by atoms with Crippen LogP contribution in [-0.4, -0.2) is 60.5 Å². The van der Waals surface area contributed by atoms with Crippen LogP contribution in [0.2, 0.25) is 10.0 Å². The smallest absolute Gasteiger partial charge is 0.408 e. The molecule has 0 saturated carbocycles. The Bertz CT molecular complexity index is 1490. The van der Waals surface area contributed by atoms with Crippen LogP contribution >= 0.6 is 35.0 Å². The maximum absolute atomic E-state index is 13.0. The lowest BCUT2D eigenvalue weighted by molar-refractivity contribution is 0.0448. The summed E-state index contributed by atoms with van der Waals surface area (Å²) >= 11 is 13.9. The van der Waals surface area contributed by atoms with Crippen molar-refractivity contribution in [1.29, 1.82) is 0 Å². The molecular formula is C31H36Cl2N4O6S. The van der Waals surface area contributed by atoms with Gasteiger partial charge in [0, 0.05) is 23.5 Å². The van der Waals surface area contributed by atoms with Gasteiger partial charge in [0.05, 0.1) is 24.3 Å². The Balaban J connectivity index is 1.66. The van der Waals surface area contributed by atoms with Crippen LogP contribution in [0.25, 0.3) is 0 Å². The molecule has 1 saturated heterocycles. The fraction of sp³-hybridized carbons (Fsp3) is 0.419. The van der Waals surface area contributed by atoms with Gasteiger partial charge in [-0.15, -0.1) is 0 Å². The minimum absolute atomic E-state index is 0.0358. The Morgan fingerprint density at radius 3 is 2.34 bits per heavy atom. The average Bonchev–Trinajstić information content (AvgIpc) is 2.97. The summed E-state index contributed by atoms with van der Waals surface area (Å²) in [5, 5.41) is 4.05. The molecule has 1 fully saturated rings. The largest absolute Gasteiger partial charge is 0.497 e. The van der Waals surface area contributed by atoms with E-state index in [4.69, 9.17) is 52.1 Å². The molecule has 2 heterocycles. The van der Waals surface area contributed by atoms with Crippen molar-refractivity contribution in [2.24, 2.45) is 0 Å². The summed E-state index contributed by atoms with van der Waals surface area (Å²) in [6, 6.07) is 12.7. The van der Waals surface area contributed by atoms with E-state index in [1.165, 1.54) is 18.9 Å². The molecule has 0 aliphatic carbocycles. The van der Waals surface area contributed by atoms with Crippen LogP contribution in [0.1, 0.15) is 56.6 Å². The number of halogens is 2. The first-order valence-electron chi connectivity index (χ1n) is 13.9. The predicted molar refractivity (Wildman–Crippen MR) is 171 cm³/mol. The Hall–Kier alpha value is -3.41. The van der Waals surface area contributed by atoms with Gasteiger partial charge >= 0.3 is 12.1 Å². The van der Waals surface area contributed by atoms with Crippen LogP contribution in [0.15, 0.2) is 52.4 Å². The highest BCUT2D eigenvalue weighted by Gasteiger charge is 2.36. The van der Waals surface area contributed by atoms with Crippen LogP contribution in [0.3, 0.4) is 0 Å². The van der Waals surface area contributed by atoms with E-state index in [9.17, 15) is 9.59 Å². The van der Waals surface area contributed by atoms with Gasteiger partial charge in [0.2, 0.25) is 5.88 Å². The first-order valence-corrected chi connectivity index (χ1v) is 15.5. The first-order chi connectivity index (χ1) is 20.8. The van der Waals surface area contributed by atoms with Gasteiger partial charge in [-0.3, -0.25) is 0 Å². The third-order valence-corrected chi connectivity index (χ3v) is 8.77. The summed E-state index contributed by atoms with van der Waals surface area (Å²) in [5.74, 6) is 0.615. The molecule has 1 aromatic heterocycles. The number of amides is 1. The van der Waals surface area contributed by atoms with Crippen LogP contribution in [0.5, 0.6) is 11.6 Å². The molecule has 1 N–H and O–H groups in total. The topological polar surface area (TPSA) is 112 Å². The van der Waals surface area contributed by atoms with Crippen molar-refractivity contribution in [2.75, 3.05) is 32.2 Å². The Morgan fingerprint density at radius 2 is 1.73 bits per heavy atom. The number of esters is 1. The Morgan fingerprint density at radius 1 is 1.05 bits per heavy atom. The number of piperidine rings is 1. The van der Waals surface area contributed by atoms with Crippen molar-refractivity contribution in [3.05, 3.63) is 63.8 Å². The number of carbonyl (C=O) groups excluding carboxylic acids is 2. The number of nitrogens with zero attached hydrogens (tertiary/aromatic N) is 3. The highest BCUT2D eigenvalue weighted by molar-refractivity contribution is 7.99. The second kappa shape index (κ2) is 14.1. The van der Waals surface area contributed by atoms with E-state index in [0.717, 1.165) is 11.3 Å². The van der Waals surface area contributed by atoms with Gasteiger partial charge in [0.1, 0.15) is 18.0 Å². The number of benzene rings is 2. The molecule has 1 aliphatic rings. The predicted octanol–water partition coefficient (Wildman–Crippen LogP) is 7.19. The zero-order valence-corrected chi connectivity index (χ0v) is 27.9. The van der Waals surface area contributed by atoms with Gasteiger partial charge in [-0.2, -0.15) is 4.98 Å². The van der Waals surface area contributed by atoms with Gasteiger partial charge in [0.15, 0.2) is 16.5 Å². The highest BCUT2D eigenvalue weighted by atomic mass is 35.5. The number of hydrogen-bond acceptors (Lipinski definition) is 10. The third kappa shape index (κ3) is 8.61. The number of aromatic nitrogens is 2. The van der Waals surface area contributed by atoms with E-state index in [2.05, 4.69) is 5.32 Å². The molecule has 236 valence electrons. The second-order valence-electron chi connectivity index (χ2n) is 11.5. The molecule has 2 aromatic carbocycles. The molecule has 0 radical (unpaired) electrons. The van der Waals surface area contributed by atoms with Crippen LogP contribution < -0.4 is 19.7 Å². The van der Waals surface area contributed by atoms with E-state index < -0.39 is 23.2 Å². The van der Waals surface area contributed by atoms with E-state index in [-0.39, 0.29) is 18.2 Å². The monoisotopic (exact) mass is 662 g/mol. The summed E-state index contributed by atoms with van der Waals surface area (Å²) in [5.41, 5.74) is -0.202. The maximum Gasteiger partial charge on any atom is 0.408 e. The van der Waals surface area contributed by atoms with Crippen molar-refractivity contribution in [1.82, 2.24) is 15.3 Å². The second-order valence-corrected chi connectivity index (χ2v) is 13.3. The average molecular weight is 664 g/mol. The standard InChI is InChI=1S/C31H36Cl2N4O6S/c1-30(2,3)43-29(39)36-31(4)14-16-37(17-15-31)25-24(28(38)41-6)34-27(44-22-9-7-8-21(32)23(22)33)26(35-25)42-18-19-10-12-20(40-5)13-11-19/h7-13H,14-18H2,1-6H3,(H,36,39). The maximum atomic E-state index is 13.0. The molecule has 4 rings (SSSR count). The lowest BCUT2D eigenvalue weighted by Crippen LogP contribution is -2.54. The molecule has 44 heavy (non-hydrogen) atoms. The Kier molecular flexibility index (Phi) is 10.8. The number of alkyl carbamates (subject to hydrolysis) is 1. The lowest BCUT2D eigenvalue weighted by Gasteiger charge is -2.40. The lowest BCUT2D eigenvalue weighted by atomic mass is 9.89. The van der Waals surface area contributed by atoms with Gasteiger partial charge in [0.25, 0.3) is 0 Å². The number of nitrogens with one attached hydrogen (secondary N) is 1. The quantitative estimate of drug-likeness (QED) is 0.236. The molecule has 10 nitrogen and oxygen atoms in total. The van der Waals surface area contributed by atoms with E-state index >= 15 is 0 Å². The number of hydrogen-bond donors (Lipinski definition) is 1. The van der Waals surface area contributed by atoms with Crippen molar-refractivity contribution < 1.29 is 28.5 Å². The van der Waals surface area contributed by atoms with Gasteiger partial charge < -0.3 is 29.2 Å². The molecule has 3 aromatic rings. The summed E-state index contributed by atoms with van der Waals surface area (Å²) in [7, 11) is 2.90. The van der Waals surface area contributed by atoms with Gasteiger partial charge in [-0.1, -0.05) is 53.2 Å². The van der Waals surface area contributed by atoms with Gasteiger partial charge in [-0.25, -0.2) is 14.6 Å². The van der Waals surface area contributed by atoms with Crippen molar-refractivity contribution in [3.8, 4) is 11.6 Å². The SMILES string of the molecule is COC(=O)c1nc(Sc2cccc(Cl)c2Cl)c(OCc2ccc(OC)cc2)nc1N1CCC(C)(NC(=O)OC(C)(C)C)CC1. The fourth-order valence-electron chi connectivity index (χ4n) is 4.44. The summed E-state index contributed by atoms with van der Waals surface area (Å²) in [4.78, 5) is 37.6. The minimum atomic E-state index is -0.645. The summed E-state index contributed by atoms with van der Waals surface area (Å²) in [6.07, 6.45) is 0.676. The zero-order valence-electron chi connectivity index (χ0n) is 25.5. The molecule has 1 amide bonds. The van der Waals surface area contributed by atoms with E-state index in [1.54, 1.807) is 25.3 Å². The number of ether oxygens (including phenoxy) is 4. The van der Waals surface area contributed by atoms with E-state index in [1.807, 2.05) is 56.9 Å². The number of anilines is 1. The first kappa shape index (κ1) is 33.5. The zero-order chi connectivity index (χ0) is 32.1. The normalized spacial score (nSPS) is 14.5. The molecule has 13 heteroatoms. The molecular weight excluding hydrogens is 627 g/mol. The fourth-order valence-corrected chi connectivity index (χ4v) is 5.79. The number of carbonyl (C=O) groups is 2. The van der Waals surface area contributed by atoms with E-state index in [0.29, 0.717) is 51.7 Å². The molecule has 0 bridgehead atoms. The minimum Gasteiger partial charge on any atom is -0.497 e. The third-order valence-electron chi connectivity index (χ3n) is 6.82. The molecule has 0 spiro atoms. The van der Waals surface area contributed by atoms with Crippen LogP contribution in [0.4, 0.5) is 10.6 Å². The summed E-state index contributed by atoms with van der Waals surface area (Å²) < 4.78 is 22.0. The highest BCUT2D eigenvalue weighted by Crippen LogP contribution is 2.41. The summed E-state index contributed by atoms with van der Waals surface area (Å²) in [6.45, 7) is 8.58. The number of methoxy groups -OCH3 is 2. The number of rotatable bonds is 9. The molecule has 0 unspecified atom stereocenters. The van der Waals surface area contributed by atoms with Gasteiger partial charge in [-0.05, 0) is 70.4 Å². The van der Waals surface area contributed by atoms with Crippen LogP contribution in [-0.2, 0) is 16.1 Å². The molecule has 0 atom stereocenters. The van der Waals surface area contributed by atoms with Crippen molar-refractivity contribution >= 4 is 52.8 Å².